The maximum Gasteiger partial charge on any atom is 0.410 e. The van der Waals surface area contributed by atoms with Gasteiger partial charge in [0.1, 0.15) is 5.00 Å². The molecule has 9 heteroatoms. The minimum Gasteiger partial charge on any atom is -0.450 e. The lowest BCUT2D eigenvalue weighted by Gasteiger charge is -2.26. The third-order valence-corrected chi connectivity index (χ3v) is 6.34. The topological polar surface area (TPSA) is 102 Å². The van der Waals surface area contributed by atoms with Crippen LogP contribution in [0, 0.1) is 0 Å². The van der Waals surface area contributed by atoms with Crippen LogP contribution in [0.2, 0.25) is 0 Å². The van der Waals surface area contributed by atoms with E-state index in [4.69, 9.17) is 10.5 Å². The van der Waals surface area contributed by atoms with E-state index < -0.39 is 5.91 Å². The van der Waals surface area contributed by atoms with Gasteiger partial charge in [-0.05, 0) is 37.3 Å². The number of thioether (sulfide) groups is 1. The molecule has 0 fully saturated rings. The first-order valence-electron chi connectivity index (χ1n) is 8.76. The summed E-state index contributed by atoms with van der Waals surface area (Å²) in [5, 5.41) is 3.26. The van der Waals surface area contributed by atoms with Crippen molar-refractivity contribution in [2.24, 2.45) is 5.73 Å². The predicted octanol–water partition coefficient (Wildman–Crippen LogP) is 3.34. The Hall–Kier alpha value is -2.52. The van der Waals surface area contributed by atoms with Crippen molar-refractivity contribution in [2.75, 3.05) is 24.7 Å². The number of hydrogen-bond donors (Lipinski definition) is 2. The second-order valence-corrected chi connectivity index (χ2v) is 8.05. The van der Waals surface area contributed by atoms with Crippen molar-refractivity contribution in [1.29, 1.82) is 0 Å². The summed E-state index contributed by atoms with van der Waals surface area (Å²) in [7, 11) is 0. The van der Waals surface area contributed by atoms with Gasteiger partial charge in [-0.25, -0.2) is 4.79 Å². The van der Waals surface area contributed by atoms with Crippen LogP contribution < -0.4 is 11.1 Å². The molecule has 28 heavy (non-hydrogen) atoms. The number of amides is 3. The summed E-state index contributed by atoms with van der Waals surface area (Å²) < 4.78 is 5.06. The molecule has 1 aliphatic heterocycles. The van der Waals surface area contributed by atoms with E-state index in [1.165, 1.54) is 23.1 Å². The summed E-state index contributed by atoms with van der Waals surface area (Å²) in [6, 6.07) is 7.26. The minimum atomic E-state index is -0.587. The Labute approximate surface area is 171 Å². The van der Waals surface area contributed by atoms with Gasteiger partial charge in [0.15, 0.2) is 0 Å². The van der Waals surface area contributed by atoms with E-state index in [2.05, 4.69) is 5.32 Å². The molecule has 7 nitrogen and oxygen atoms in total. The van der Waals surface area contributed by atoms with E-state index in [0.717, 1.165) is 15.3 Å². The average Bonchev–Trinajstić information content (AvgIpc) is 3.05. The number of anilines is 1. The van der Waals surface area contributed by atoms with E-state index in [1.807, 2.05) is 18.4 Å². The molecule has 0 saturated heterocycles. The van der Waals surface area contributed by atoms with E-state index in [0.29, 0.717) is 42.2 Å². The molecule has 1 aromatic carbocycles. The zero-order chi connectivity index (χ0) is 20.3. The van der Waals surface area contributed by atoms with Gasteiger partial charge in [-0.15, -0.1) is 23.1 Å². The number of carbonyl (C=O) groups is 3. The number of primary amides is 1. The van der Waals surface area contributed by atoms with E-state index >= 15 is 0 Å². The lowest BCUT2D eigenvalue weighted by atomic mass is 10.0. The Balaban J connectivity index is 1.89. The predicted molar refractivity (Wildman–Crippen MR) is 110 cm³/mol. The maximum absolute atomic E-state index is 12.8. The minimum absolute atomic E-state index is 0.298. The molecule has 3 amide bonds. The number of hydrogen-bond acceptors (Lipinski definition) is 6. The number of nitrogens with zero attached hydrogens (tertiary/aromatic N) is 1. The molecule has 2 heterocycles. The summed E-state index contributed by atoms with van der Waals surface area (Å²) in [6.45, 7) is 2.82. The second kappa shape index (κ2) is 8.66. The SMILES string of the molecule is CCOC(=O)N1CCc2c(sc(NC(=O)c3ccccc3SC)c2C(N)=O)C1. The first kappa shape index (κ1) is 20.2. The molecule has 0 atom stereocenters. The monoisotopic (exact) mass is 419 g/mol. The third kappa shape index (κ3) is 4.00. The van der Waals surface area contributed by atoms with Crippen LogP contribution in [0.5, 0.6) is 0 Å². The van der Waals surface area contributed by atoms with Crippen LogP contribution in [-0.4, -0.2) is 42.2 Å². The highest BCUT2D eigenvalue weighted by Gasteiger charge is 2.30. The van der Waals surface area contributed by atoms with Gasteiger partial charge in [-0.1, -0.05) is 12.1 Å². The highest BCUT2D eigenvalue weighted by molar-refractivity contribution is 7.98. The lowest BCUT2D eigenvalue weighted by Crippen LogP contribution is -2.36. The summed E-state index contributed by atoms with van der Waals surface area (Å²) in [6.07, 6.45) is 2.00. The number of benzene rings is 1. The molecule has 1 aliphatic rings. The molecule has 148 valence electrons. The first-order valence-corrected chi connectivity index (χ1v) is 10.8. The Morgan fingerprint density at radius 1 is 1.32 bits per heavy atom. The number of nitrogens with one attached hydrogen (secondary N) is 1. The third-order valence-electron chi connectivity index (χ3n) is 4.41. The van der Waals surface area contributed by atoms with Crippen molar-refractivity contribution in [3.05, 3.63) is 45.8 Å². The average molecular weight is 420 g/mol. The zero-order valence-electron chi connectivity index (χ0n) is 15.6. The fraction of sp³-hybridized carbons (Fsp3) is 0.316. The highest BCUT2D eigenvalue weighted by Crippen LogP contribution is 2.37. The number of thiophene rings is 1. The lowest BCUT2D eigenvalue weighted by molar-refractivity contribution is 0.0997. The number of carbonyl (C=O) groups excluding carboxylic acids is 3. The van der Waals surface area contributed by atoms with Gasteiger partial charge in [-0.2, -0.15) is 0 Å². The van der Waals surface area contributed by atoms with Gasteiger partial charge >= 0.3 is 6.09 Å². The molecule has 0 saturated carbocycles. The van der Waals surface area contributed by atoms with Gasteiger partial charge < -0.3 is 20.7 Å². The van der Waals surface area contributed by atoms with E-state index in [1.54, 1.807) is 24.0 Å². The molecule has 3 rings (SSSR count). The van der Waals surface area contributed by atoms with Crippen molar-refractivity contribution >= 4 is 46.0 Å². The molecular weight excluding hydrogens is 398 g/mol. The number of ether oxygens (including phenoxy) is 1. The molecule has 0 spiro atoms. The van der Waals surface area contributed by atoms with E-state index in [9.17, 15) is 14.4 Å². The molecule has 0 aliphatic carbocycles. The van der Waals surface area contributed by atoms with Gasteiger partial charge in [0.2, 0.25) is 0 Å². The van der Waals surface area contributed by atoms with Crippen molar-refractivity contribution in [2.45, 2.75) is 24.8 Å². The number of rotatable bonds is 5. The number of nitrogens with two attached hydrogens (primary N) is 1. The normalized spacial score (nSPS) is 13.0. The summed E-state index contributed by atoms with van der Waals surface area (Å²) in [5.41, 5.74) is 7.26. The molecule has 3 N–H and O–H groups in total. The van der Waals surface area contributed by atoms with Crippen LogP contribution in [0.15, 0.2) is 29.2 Å². The zero-order valence-corrected chi connectivity index (χ0v) is 17.2. The van der Waals surface area contributed by atoms with Gasteiger partial charge in [0.05, 0.1) is 24.3 Å². The highest BCUT2D eigenvalue weighted by atomic mass is 32.2. The van der Waals surface area contributed by atoms with Crippen LogP contribution in [-0.2, 0) is 17.7 Å². The van der Waals surface area contributed by atoms with E-state index in [-0.39, 0.29) is 12.0 Å². The van der Waals surface area contributed by atoms with Crippen molar-refractivity contribution in [3.63, 3.8) is 0 Å². The Morgan fingerprint density at radius 3 is 2.75 bits per heavy atom. The first-order chi connectivity index (χ1) is 13.5. The van der Waals surface area contributed by atoms with Crippen LogP contribution in [0.3, 0.4) is 0 Å². The van der Waals surface area contributed by atoms with Crippen LogP contribution >= 0.6 is 23.1 Å². The molecule has 0 unspecified atom stereocenters. The fourth-order valence-electron chi connectivity index (χ4n) is 3.13. The molecule has 0 radical (unpaired) electrons. The number of fused-ring (bicyclic) bond motifs is 1. The van der Waals surface area contributed by atoms with Crippen LogP contribution in [0.25, 0.3) is 0 Å². The largest absolute Gasteiger partial charge is 0.450 e. The van der Waals surface area contributed by atoms with Crippen molar-refractivity contribution in [3.8, 4) is 0 Å². The van der Waals surface area contributed by atoms with Crippen molar-refractivity contribution in [1.82, 2.24) is 4.90 Å². The molecule has 0 bridgehead atoms. The summed E-state index contributed by atoms with van der Waals surface area (Å²) in [4.78, 5) is 40.1. The van der Waals surface area contributed by atoms with Gasteiger partial charge in [0, 0.05) is 16.3 Å². The molecule has 2 aromatic rings. The van der Waals surface area contributed by atoms with Crippen LogP contribution in [0.1, 0.15) is 38.1 Å². The van der Waals surface area contributed by atoms with Crippen molar-refractivity contribution < 1.29 is 19.1 Å². The molecule has 1 aromatic heterocycles. The van der Waals surface area contributed by atoms with Crippen LogP contribution in [0.4, 0.5) is 9.80 Å². The summed E-state index contributed by atoms with van der Waals surface area (Å²) in [5.74, 6) is -0.885. The smallest absolute Gasteiger partial charge is 0.410 e. The maximum atomic E-state index is 12.8. The van der Waals surface area contributed by atoms with Gasteiger partial charge in [0.25, 0.3) is 11.8 Å². The molecular formula is C19H21N3O4S2. The Morgan fingerprint density at radius 2 is 2.07 bits per heavy atom. The summed E-state index contributed by atoms with van der Waals surface area (Å²) >= 11 is 2.75. The second-order valence-electron chi connectivity index (χ2n) is 6.10. The quantitative estimate of drug-likeness (QED) is 0.724. The fourth-order valence-corrected chi connectivity index (χ4v) is 4.98. The Kier molecular flexibility index (Phi) is 6.25. The van der Waals surface area contributed by atoms with Gasteiger partial charge in [-0.3, -0.25) is 9.59 Å². The Bertz CT molecular complexity index is 926. The standard InChI is InChI=1S/C19H21N3O4S2/c1-3-26-19(25)22-9-8-11-14(10-22)28-18(15(11)16(20)23)21-17(24)12-6-4-5-7-13(12)27-2/h4-7H,3,8-10H2,1-2H3,(H2,20,23)(H,21,24).